The van der Waals surface area contributed by atoms with Crippen LogP contribution in [0.4, 0.5) is 5.69 Å². The lowest BCUT2D eigenvalue weighted by Crippen LogP contribution is -1.88. The molecule has 0 amide bonds. The van der Waals surface area contributed by atoms with E-state index in [9.17, 15) is 10.1 Å². The van der Waals surface area contributed by atoms with E-state index in [1.807, 2.05) is 6.92 Å². The second-order valence-corrected chi connectivity index (χ2v) is 3.73. The van der Waals surface area contributed by atoms with Crippen LogP contribution in [0, 0.1) is 17.0 Å². The molecule has 0 aliphatic heterocycles. The molecule has 5 nitrogen and oxygen atoms in total. The molecule has 0 aliphatic rings. The summed E-state index contributed by atoms with van der Waals surface area (Å²) < 4.78 is 5.54. The first kappa shape index (κ1) is 10.6. The molecule has 0 radical (unpaired) electrons. The molecule has 2 rings (SSSR count). The zero-order valence-corrected chi connectivity index (χ0v) is 9.19. The molecule has 0 bridgehead atoms. The van der Waals surface area contributed by atoms with Gasteiger partial charge < -0.3 is 4.42 Å². The fourth-order valence-electron chi connectivity index (χ4n) is 1.65. The fraction of sp³-hybridized carbons (Fsp3) is 0.364. The van der Waals surface area contributed by atoms with Gasteiger partial charge in [-0.3, -0.25) is 10.1 Å². The van der Waals surface area contributed by atoms with E-state index in [-0.39, 0.29) is 5.69 Å². The second-order valence-electron chi connectivity index (χ2n) is 3.73. The molecule has 0 atom stereocenters. The Balaban J connectivity index is 2.58. The predicted octanol–water partition coefficient (Wildman–Crippen LogP) is 3.00. The lowest BCUT2D eigenvalue weighted by molar-refractivity contribution is -0.384. The third-order valence-electron chi connectivity index (χ3n) is 2.38. The van der Waals surface area contributed by atoms with Gasteiger partial charge in [-0.1, -0.05) is 6.92 Å². The van der Waals surface area contributed by atoms with Crippen LogP contribution in [0.3, 0.4) is 0 Å². The zero-order valence-electron chi connectivity index (χ0n) is 9.19. The third-order valence-corrected chi connectivity index (χ3v) is 2.38. The SMILES string of the molecule is CCCc1nc2cc([N+](=O)[O-])cc(C)c2o1. The number of rotatable bonds is 3. The number of oxazole rings is 1. The van der Waals surface area contributed by atoms with Crippen LogP contribution in [-0.4, -0.2) is 9.91 Å². The van der Waals surface area contributed by atoms with Crippen LogP contribution in [0.25, 0.3) is 11.1 Å². The molecule has 1 heterocycles. The van der Waals surface area contributed by atoms with Gasteiger partial charge >= 0.3 is 0 Å². The lowest BCUT2D eigenvalue weighted by atomic mass is 10.2. The highest BCUT2D eigenvalue weighted by Gasteiger charge is 2.14. The van der Waals surface area contributed by atoms with Gasteiger partial charge in [-0.15, -0.1) is 0 Å². The summed E-state index contributed by atoms with van der Waals surface area (Å²) >= 11 is 0. The Kier molecular flexibility index (Phi) is 2.60. The summed E-state index contributed by atoms with van der Waals surface area (Å²) in [5.41, 5.74) is 2.02. The van der Waals surface area contributed by atoms with Crippen molar-refractivity contribution in [3.05, 3.63) is 33.7 Å². The molecule has 0 N–H and O–H groups in total. The molecule has 0 saturated heterocycles. The Morgan fingerprint density at radius 1 is 1.50 bits per heavy atom. The highest BCUT2D eigenvalue weighted by Crippen LogP contribution is 2.25. The minimum atomic E-state index is -0.416. The van der Waals surface area contributed by atoms with Crippen molar-refractivity contribution in [2.75, 3.05) is 0 Å². The molecule has 1 aromatic heterocycles. The molecule has 0 fully saturated rings. The first-order valence-corrected chi connectivity index (χ1v) is 5.16. The molecule has 16 heavy (non-hydrogen) atoms. The largest absolute Gasteiger partial charge is 0.440 e. The minimum absolute atomic E-state index is 0.0568. The minimum Gasteiger partial charge on any atom is -0.440 e. The number of hydrogen-bond acceptors (Lipinski definition) is 4. The topological polar surface area (TPSA) is 69.2 Å². The lowest BCUT2D eigenvalue weighted by Gasteiger charge is -1.94. The van der Waals surface area contributed by atoms with Crippen molar-refractivity contribution >= 4 is 16.8 Å². The van der Waals surface area contributed by atoms with Crippen molar-refractivity contribution in [2.24, 2.45) is 0 Å². The van der Waals surface area contributed by atoms with Gasteiger partial charge in [0.05, 0.1) is 4.92 Å². The number of aromatic nitrogens is 1. The zero-order chi connectivity index (χ0) is 11.7. The molecular formula is C11H12N2O3. The summed E-state index contributed by atoms with van der Waals surface area (Å²) in [4.78, 5) is 14.5. The van der Waals surface area contributed by atoms with Crippen LogP contribution >= 0.6 is 0 Å². The van der Waals surface area contributed by atoms with E-state index >= 15 is 0 Å². The molecule has 2 aromatic rings. The van der Waals surface area contributed by atoms with E-state index in [1.165, 1.54) is 12.1 Å². The number of nitrogens with zero attached hydrogens (tertiary/aromatic N) is 2. The van der Waals surface area contributed by atoms with Crippen LogP contribution < -0.4 is 0 Å². The standard InChI is InChI=1S/C11H12N2O3/c1-3-4-10-12-9-6-8(13(14)15)5-7(2)11(9)16-10/h5-6H,3-4H2,1-2H3. The van der Waals surface area contributed by atoms with Crippen molar-refractivity contribution in [1.82, 2.24) is 4.98 Å². The van der Waals surface area contributed by atoms with Gasteiger partial charge in [-0.2, -0.15) is 0 Å². The maximum Gasteiger partial charge on any atom is 0.272 e. The molecule has 0 spiro atoms. The van der Waals surface area contributed by atoms with Crippen LogP contribution in [0.1, 0.15) is 24.8 Å². The van der Waals surface area contributed by atoms with Crippen molar-refractivity contribution in [3.63, 3.8) is 0 Å². The number of nitro groups is 1. The molecule has 0 aliphatic carbocycles. The van der Waals surface area contributed by atoms with E-state index in [0.29, 0.717) is 17.0 Å². The summed E-state index contributed by atoms with van der Waals surface area (Å²) in [7, 11) is 0. The van der Waals surface area contributed by atoms with E-state index in [0.717, 1.165) is 18.4 Å². The van der Waals surface area contributed by atoms with E-state index in [1.54, 1.807) is 6.92 Å². The molecule has 0 saturated carbocycles. The van der Waals surface area contributed by atoms with Crippen molar-refractivity contribution in [2.45, 2.75) is 26.7 Å². The summed E-state index contributed by atoms with van der Waals surface area (Å²) in [6.45, 7) is 3.82. The van der Waals surface area contributed by atoms with Crippen LogP contribution in [0.15, 0.2) is 16.5 Å². The maximum absolute atomic E-state index is 10.7. The quantitative estimate of drug-likeness (QED) is 0.589. The first-order valence-electron chi connectivity index (χ1n) is 5.16. The fourth-order valence-corrected chi connectivity index (χ4v) is 1.65. The first-order chi connectivity index (χ1) is 7.61. The normalized spacial score (nSPS) is 10.9. The summed E-state index contributed by atoms with van der Waals surface area (Å²) in [5.74, 6) is 0.640. The van der Waals surface area contributed by atoms with Crippen molar-refractivity contribution in [1.29, 1.82) is 0 Å². The van der Waals surface area contributed by atoms with Gasteiger partial charge in [-0.25, -0.2) is 4.98 Å². The molecule has 1 aromatic carbocycles. The average molecular weight is 220 g/mol. The Hall–Kier alpha value is -1.91. The molecule has 5 heteroatoms. The van der Waals surface area contributed by atoms with Gasteiger partial charge in [0.2, 0.25) is 0 Å². The second kappa shape index (κ2) is 3.92. The Bertz CT molecular complexity index is 545. The summed E-state index contributed by atoms with van der Waals surface area (Å²) in [5, 5.41) is 10.7. The van der Waals surface area contributed by atoms with Gasteiger partial charge in [0.15, 0.2) is 11.5 Å². The monoisotopic (exact) mass is 220 g/mol. The van der Waals surface area contributed by atoms with Gasteiger partial charge in [0, 0.05) is 24.1 Å². The van der Waals surface area contributed by atoms with E-state index < -0.39 is 4.92 Å². The summed E-state index contributed by atoms with van der Waals surface area (Å²) in [6.07, 6.45) is 1.69. The predicted molar refractivity (Wildman–Crippen MR) is 59.4 cm³/mol. The highest BCUT2D eigenvalue weighted by atomic mass is 16.6. The van der Waals surface area contributed by atoms with Gasteiger partial charge in [0.1, 0.15) is 5.52 Å². The average Bonchev–Trinajstić information content (AvgIpc) is 2.61. The number of hydrogen-bond donors (Lipinski definition) is 0. The maximum atomic E-state index is 10.7. The number of non-ortho nitro benzene ring substituents is 1. The Morgan fingerprint density at radius 3 is 2.88 bits per heavy atom. The van der Waals surface area contributed by atoms with E-state index in [2.05, 4.69) is 4.98 Å². The molecule has 84 valence electrons. The third kappa shape index (κ3) is 1.76. The van der Waals surface area contributed by atoms with Crippen LogP contribution in [0.2, 0.25) is 0 Å². The van der Waals surface area contributed by atoms with Gasteiger partial charge in [0.25, 0.3) is 5.69 Å². The number of aryl methyl sites for hydroxylation is 2. The summed E-state index contributed by atoms with van der Waals surface area (Å²) in [6, 6.07) is 2.95. The van der Waals surface area contributed by atoms with Crippen molar-refractivity contribution in [3.8, 4) is 0 Å². The van der Waals surface area contributed by atoms with Crippen molar-refractivity contribution < 1.29 is 9.34 Å². The molecular weight excluding hydrogens is 208 g/mol. The Labute approximate surface area is 92.2 Å². The van der Waals surface area contributed by atoms with Crippen LogP contribution in [-0.2, 0) is 6.42 Å². The number of nitro benzene ring substituents is 1. The number of fused-ring (bicyclic) bond motifs is 1. The van der Waals surface area contributed by atoms with Gasteiger partial charge in [-0.05, 0) is 13.3 Å². The Morgan fingerprint density at radius 2 is 2.25 bits per heavy atom. The smallest absolute Gasteiger partial charge is 0.272 e. The number of benzene rings is 1. The van der Waals surface area contributed by atoms with E-state index in [4.69, 9.17) is 4.42 Å². The molecule has 0 unspecified atom stereocenters. The highest BCUT2D eigenvalue weighted by molar-refractivity contribution is 5.79. The van der Waals surface area contributed by atoms with Crippen LogP contribution in [0.5, 0.6) is 0 Å².